The lowest BCUT2D eigenvalue weighted by molar-refractivity contribution is 0.0857. The Morgan fingerprint density at radius 1 is 0.769 bits per heavy atom. The molecule has 13 heavy (non-hydrogen) atoms. The molecular formula is C9H22O4. The molecule has 0 radical (unpaired) electrons. The summed E-state index contributed by atoms with van der Waals surface area (Å²) in [6, 6.07) is 0. The van der Waals surface area contributed by atoms with Crippen LogP contribution in [0.2, 0.25) is 0 Å². The van der Waals surface area contributed by atoms with Crippen LogP contribution >= 0.6 is 0 Å². The van der Waals surface area contributed by atoms with Gasteiger partial charge in [-0.15, -0.1) is 0 Å². The Kier molecular flexibility index (Phi) is 11.7. The molecule has 0 saturated heterocycles. The Balaban J connectivity index is 0. The van der Waals surface area contributed by atoms with Crippen molar-refractivity contribution >= 4 is 0 Å². The maximum Gasteiger partial charge on any atom is 0.0504 e. The second kappa shape index (κ2) is 9.92. The van der Waals surface area contributed by atoms with E-state index in [0.717, 1.165) is 12.8 Å². The van der Waals surface area contributed by atoms with Crippen LogP contribution in [0, 0.1) is 5.41 Å². The van der Waals surface area contributed by atoms with E-state index in [2.05, 4.69) is 0 Å². The quantitative estimate of drug-likeness (QED) is 0.455. The molecule has 82 valence electrons. The van der Waals surface area contributed by atoms with Crippen molar-refractivity contribution in [3.63, 3.8) is 0 Å². The van der Waals surface area contributed by atoms with Crippen LogP contribution in [0.5, 0.6) is 0 Å². The second-order valence-corrected chi connectivity index (χ2v) is 3.63. The van der Waals surface area contributed by atoms with Crippen LogP contribution in [-0.2, 0) is 0 Å². The fraction of sp³-hybridized carbons (Fsp3) is 1.00. The fourth-order valence-electron chi connectivity index (χ4n) is 0.274. The minimum atomic E-state index is -0.306. The first-order valence-corrected chi connectivity index (χ1v) is 4.47. The zero-order valence-electron chi connectivity index (χ0n) is 8.53. The maximum absolute atomic E-state index is 8.43. The highest BCUT2D eigenvalue weighted by atomic mass is 16.3. The molecule has 0 heterocycles. The van der Waals surface area contributed by atoms with E-state index in [9.17, 15) is 0 Å². The topological polar surface area (TPSA) is 80.9 Å². The number of unbranched alkanes of at least 4 members (excludes halogenated alkanes) is 1. The van der Waals surface area contributed by atoms with Gasteiger partial charge in [-0.2, -0.15) is 0 Å². The van der Waals surface area contributed by atoms with Gasteiger partial charge in [0.1, 0.15) is 0 Å². The third kappa shape index (κ3) is 14.7. The van der Waals surface area contributed by atoms with E-state index in [4.69, 9.17) is 20.4 Å². The average Bonchev–Trinajstić information content (AvgIpc) is 2.16. The van der Waals surface area contributed by atoms with Crippen LogP contribution in [0.3, 0.4) is 0 Å². The smallest absolute Gasteiger partial charge is 0.0504 e. The van der Waals surface area contributed by atoms with E-state index in [1.165, 1.54) is 0 Å². The molecule has 4 N–H and O–H groups in total. The fourth-order valence-corrected chi connectivity index (χ4v) is 0.274. The predicted molar refractivity (Wildman–Crippen MR) is 51.4 cm³/mol. The minimum Gasteiger partial charge on any atom is -0.396 e. The molecule has 0 spiro atoms. The molecule has 0 rings (SSSR count). The lowest BCUT2D eigenvalue weighted by atomic mass is 9.97. The first-order valence-electron chi connectivity index (χ1n) is 4.47. The standard InChI is InChI=1S/C5H12O2.C4H10O2/c1-5(2,3-6)4-7;5-3-1-2-4-6/h6-7H,3-4H2,1-2H3;5-6H,1-4H2. The third-order valence-corrected chi connectivity index (χ3v) is 1.42. The van der Waals surface area contributed by atoms with Crippen molar-refractivity contribution in [3.8, 4) is 0 Å². The molecule has 0 aliphatic carbocycles. The highest BCUT2D eigenvalue weighted by Gasteiger charge is 2.13. The van der Waals surface area contributed by atoms with Crippen LogP contribution < -0.4 is 0 Å². The van der Waals surface area contributed by atoms with Crippen molar-refractivity contribution in [1.82, 2.24) is 0 Å². The normalized spacial score (nSPS) is 10.6. The van der Waals surface area contributed by atoms with Crippen molar-refractivity contribution in [2.24, 2.45) is 5.41 Å². The van der Waals surface area contributed by atoms with E-state index >= 15 is 0 Å². The predicted octanol–water partition coefficient (Wildman–Crippen LogP) is -0.252. The van der Waals surface area contributed by atoms with Crippen LogP contribution in [0.25, 0.3) is 0 Å². The van der Waals surface area contributed by atoms with Crippen molar-refractivity contribution in [3.05, 3.63) is 0 Å². The van der Waals surface area contributed by atoms with Gasteiger partial charge in [-0.3, -0.25) is 0 Å². The largest absolute Gasteiger partial charge is 0.396 e. The van der Waals surface area contributed by atoms with Gasteiger partial charge in [-0.1, -0.05) is 13.8 Å². The molecule has 0 saturated carbocycles. The molecule has 0 aromatic heterocycles. The van der Waals surface area contributed by atoms with E-state index < -0.39 is 0 Å². The second-order valence-electron chi connectivity index (χ2n) is 3.63. The van der Waals surface area contributed by atoms with Gasteiger partial charge in [0.05, 0.1) is 13.2 Å². The summed E-state index contributed by atoms with van der Waals surface area (Å²) in [7, 11) is 0. The average molecular weight is 194 g/mol. The van der Waals surface area contributed by atoms with Crippen molar-refractivity contribution in [1.29, 1.82) is 0 Å². The lowest BCUT2D eigenvalue weighted by Crippen LogP contribution is -2.20. The maximum atomic E-state index is 8.43. The van der Waals surface area contributed by atoms with Gasteiger partial charge in [0.2, 0.25) is 0 Å². The summed E-state index contributed by atoms with van der Waals surface area (Å²) in [4.78, 5) is 0. The van der Waals surface area contributed by atoms with E-state index in [1.54, 1.807) is 13.8 Å². The van der Waals surface area contributed by atoms with Gasteiger partial charge in [-0.05, 0) is 12.8 Å². The molecule has 0 aromatic carbocycles. The van der Waals surface area contributed by atoms with Crippen LogP contribution in [0.1, 0.15) is 26.7 Å². The first-order chi connectivity index (χ1) is 6.04. The summed E-state index contributed by atoms with van der Waals surface area (Å²) in [5, 5.41) is 33.0. The summed E-state index contributed by atoms with van der Waals surface area (Å²) < 4.78 is 0. The zero-order chi connectivity index (χ0) is 10.7. The highest BCUT2D eigenvalue weighted by Crippen LogP contribution is 2.10. The number of hydrogen-bond donors (Lipinski definition) is 4. The summed E-state index contributed by atoms with van der Waals surface area (Å²) in [6.45, 7) is 4.08. The lowest BCUT2D eigenvalue weighted by Gasteiger charge is -2.16. The van der Waals surface area contributed by atoms with Gasteiger partial charge in [0.15, 0.2) is 0 Å². The first kappa shape index (κ1) is 15.3. The van der Waals surface area contributed by atoms with Gasteiger partial charge in [0.25, 0.3) is 0 Å². The van der Waals surface area contributed by atoms with E-state index in [1.807, 2.05) is 0 Å². The van der Waals surface area contributed by atoms with Crippen LogP contribution in [0.15, 0.2) is 0 Å². The molecule has 4 nitrogen and oxygen atoms in total. The summed E-state index contributed by atoms with van der Waals surface area (Å²) in [5.41, 5.74) is -0.306. The summed E-state index contributed by atoms with van der Waals surface area (Å²) in [6.07, 6.45) is 1.44. The number of rotatable bonds is 5. The highest BCUT2D eigenvalue weighted by molar-refractivity contribution is 4.62. The molecule has 0 atom stereocenters. The SMILES string of the molecule is CC(C)(CO)CO.OCCCCO. The number of hydrogen-bond acceptors (Lipinski definition) is 4. The third-order valence-electron chi connectivity index (χ3n) is 1.42. The molecule has 0 aromatic rings. The van der Waals surface area contributed by atoms with Gasteiger partial charge >= 0.3 is 0 Å². The Bertz CT molecular complexity index is 83.6. The van der Waals surface area contributed by atoms with E-state index in [0.29, 0.717) is 0 Å². The number of aliphatic hydroxyl groups is 4. The Morgan fingerprint density at radius 3 is 1.15 bits per heavy atom. The monoisotopic (exact) mass is 194 g/mol. The molecular weight excluding hydrogens is 172 g/mol. The van der Waals surface area contributed by atoms with Gasteiger partial charge in [0, 0.05) is 18.6 Å². The Hall–Kier alpha value is -0.160. The van der Waals surface area contributed by atoms with Crippen LogP contribution in [-0.4, -0.2) is 46.9 Å². The Labute approximate surface area is 79.8 Å². The molecule has 0 bridgehead atoms. The van der Waals surface area contributed by atoms with Gasteiger partial charge < -0.3 is 20.4 Å². The molecule has 0 unspecified atom stereocenters. The van der Waals surface area contributed by atoms with Crippen molar-refractivity contribution in [2.45, 2.75) is 26.7 Å². The molecule has 0 aliphatic heterocycles. The molecule has 0 fully saturated rings. The van der Waals surface area contributed by atoms with Gasteiger partial charge in [-0.25, -0.2) is 0 Å². The minimum absolute atomic E-state index is 0.0451. The molecule has 0 aliphatic rings. The van der Waals surface area contributed by atoms with E-state index in [-0.39, 0.29) is 31.8 Å². The summed E-state index contributed by atoms with van der Waals surface area (Å²) >= 11 is 0. The van der Waals surface area contributed by atoms with Crippen molar-refractivity contribution < 1.29 is 20.4 Å². The Morgan fingerprint density at radius 2 is 1.08 bits per heavy atom. The van der Waals surface area contributed by atoms with Crippen LogP contribution in [0.4, 0.5) is 0 Å². The summed E-state index contributed by atoms with van der Waals surface area (Å²) in [5.74, 6) is 0. The molecule has 4 heteroatoms. The zero-order valence-corrected chi connectivity index (χ0v) is 8.53. The van der Waals surface area contributed by atoms with Crippen molar-refractivity contribution in [2.75, 3.05) is 26.4 Å². The molecule has 0 amide bonds. The number of aliphatic hydroxyl groups excluding tert-OH is 4.